The molecule has 8 nitrogen and oxygen atoms in total. The Kier molecular flexibility index (Phi) is 3.59. The van der Waals surface area contributed by atoms with Crippen LogP contribution in [0, 0.1) is 0 Å². The van der Waals surface area contributed by atoms with Crippen molar-refractivity contribution in [2.75, 3.05) is 0 Å². The lowest BCUT2D eigenvalue weighted by Gasteiger charge is -2.20. The Labute approximate surface area is 103 Å². The first-order valence-corrected chi connectivity index (χ1v) is 5.21. The number of likely N-dealkylation sites (tertiary alicyclic amines) is 1. The zero-order valence-electron chi connectivity index (χ0n) is 10.2. The first kappa shape index (κ1) is 13.9. The minimum atomic E-state index is -1.65. The second kappa shape index (κ2) is 4.63. The Morgan fingerprint density at radius 3 is 2.33 bits per heavy atom. The molecule has 1 fully saturated rings. The van der Waals surface area contributed by atoms with Crippen LogP contribution in [0.2, 0.25) is 0 Å². The van der Waals surface area contributed by atoms with Gasteiger partial charge in [0.15, 0.2) is 0 Å². The molecule has 1 rings (SSSR count). The average Bonchev–Trinajstić information content (AvgIpc) is 2.37. The molecule has 0 aromatic rings. The minimum Gasteiger partial charge on any atom is -0.464 e. The number of hydrogen-bond donors (Lipinski definition) is 2. The predicted molar refractivity (Wildman–Crippen MR) is 57.7 cm³/mol. The summed E-state index contributed by atoms with van der Waals surface area (Å²) in [7, 11) is 0. The number of rotatable bonds is 1. The number of carbonyl (C=O) groups is 4. The molecule has 1 saturated heterocycles. The maximum Gasteiger partial charge on any atom is 0.421 e. The molecule has 0 radical (unpaired) electrons. The monoisotopic (exact) mass is 258 g/mol. The molecule has 0 aromatic carbocycles. The van der Waals surface area contributed by atoms with E-state index in [-0.39, 0.29) is 11.3 Å². The molecule has 1 atom stereocenters. The lowest BCUT2D eigenvalue weighted by Crippen LogP contribution is -2.44. The van der Waals surface area contributed by atoms with Crippen molar-refractivity contribution in [2.24, 2.45) is 0 Å². The largest absolute Gasteiger partial charge is 0.464 e. The lowest BCUT2D eigenvalue weighted by atomic mass is 10.2. The Balaban J connectivity index is 2.66. The van der Waals surface area contributed by atoms with Gasteiger partial charge >= 0.3 is 12.2 Å². The number of amides is 4. The highest BCUT2D eigenvalue weighted by molar-refractivity contribution is 6.16. The maximum absolute atomic E-state index is 11.5. The van der Waals surface area contributed by atoms with Crippen LogP contribution in [0.5, 0.6) is 0 Å². The van der Waals surface area contributed by atoms with Crippen LogP contribution in [-0.4, -0.2) is 45.7 Å². The van der Waals surface area contributed by atoms with Gasteiger partial charge in [0.2, 0.25) is 5.91 Å². The number of alkyl carbamates (subject to hydrolysis) is 1. The fraction of sp³-hybridized carbons (Fsp3) is 0.600. The molecule has 0 bridgehead atoms. The van der Waals surface area contributed by atoms with Crippen LogP contribution >= 0.6 is 0 Å². The van der Waals surface area contributed by atoms with Gasteiger partial charge in [-0.15, -0.1) is 0 Å². The van der Waals surface area contributed by atoms with E-state index >= 15 is 0 Å². The van der Waals surface area contributed by atoms with Crippen molar-refractivity contribution in [1.82, 2.24) is 10.2 Å². The van der Waals surface area contributed by atoms with Gasteiger partial charge in [-0.25, -0.2) is 9.59 Å². The second-order valence-electron chi connectivity index (χ2n) is 4.75. The average molecular weight is 258 g/mol. The number of carbonyl (C=O) groups excluding carboxylic acids is 3. The smallest absolute Gasteiger partial charge is 0.421 e. The number of hydrogen-bond acceptors (Lipinski definition) is 5. The molecule has 100 valence electrons. The third kappa shape index (κ3) is 3.19. The number of imide groups is 3. The molecule has 1 aliphatic heterocycles. The van der Waals surface area contributed by atoms with Gasteiger partial charge in [-0.3, -0.25) is 9.59 Å². The van der Waals surface area contributed by atoms with Crippen LogP contribution in [0.4, 0.5) is 9.59 Å². The Hall–Kier alpha value is -2.12. The maximum atomic E-state index is 11.5. The zero-order chi connectivity index (χ0) is 14.1. The second-order valence-corrected chi connectivity index (χ2v) is 4.75. The van der Waals surface area contributed by atoms with Crippen LogP contribution < -0.4 is 5.32 Å². The highest BCUT2D eigenvalue weighted by atomic mass is 16.6. The van der Waals surface area contributed by atoms with E-state index in [4.69, 9.17) is 9.84 Å². The fourth-order valence-electron chi connectivity index (χ4n) is 1.40. The highest BCUT2D eigenvalue weighted by Gasteiger charge is 2.43. The van der Waals surface area contributed by atoms with Gasteiger partial charge in [-0.1, -0.05) is 0 Å². The van der Waals surface area contributed by atoms with E-state index in [1.807, 2.05) is 0 Å². The number of nitrogens with zero attached hydrogens (tertiary/aromatic N) is 1. The van der Waals surface area contributed by atoms with Gasteiger partial charge < -0.3 is 15.2 Å². The summed E-state index contributed by atoms with van der Waals surface area (Å²) >= 11 is 0. The van der Waals surface area contributed by atoms with Gasteiger partial charge in [0, 0.05) is 0 Å². The SMILES string of the molecule is CC(C)(C)OC(=O)N[C@H]1CC(=O)N(C(=O)O)C1=O. The van der Waals surface area contributed by atoms with E-state index in [2.05, 4.69) is 5.32 Å². The first-order chi connectivity index (χ1) is 8.11. The fourth-order valence-corrected chi connectivity index (χ4v) is 1.40. The molecular weight excluding hydrogens is 244 g/mol. The van der Waals surface area contributed by atoms with Crippen LogP contribution in [0.3, 0.4) is 0 Å². The standard InChI is InChI=1S/C10H14N2O6/c1-10(2,3)18-8(15)11-5-4-6(13)12(7(5)14)9(16)17/h5H,4H2,1-3H3,(H,11,15)(H,16,17)/t5-/m0/s1. The number of nitrogens with one attached hydrogen (secondary N) is 1. The Morgan fingerprint density at radius 2 is 1.94 bits per heavy atom. The number of ether oxygens (including phenoxy) is 1. The van der Waals surface area contributed by atoms with Crippen molar-refractivity contribution >= 4 is 24.0 Å². The molecule has 0 aliphatic carbocycles. The summed E-state index contributed by atoms with van der Waals surface area (Å²) in [6.45, 7) is 4.91. The molecule has 1 heterocycles. The van der Waals surface area contributed by atoms with Crippen LogP contribution in [0.15, 0.2) is 0 Å². The first-order valence-electron chi connectivity index (χ1n) is 5.21. The quantitative estimate of drug-likeness (QED) is 0.655. The molecular formula is C10H14N2O6. The van der Waals surface area contributed by atoms with Crippen molar-refractivity contribution in [3.05, 3.63) is 0 Å². The van der Waals surface area contributed by atoms with Crippen molar-refractivity contribution in [2.45, 2.75) is 38.8 Å². The molecule has 0 saturated carbocycles. The molecule has 2 N–H and O–H groups in total. The summed E-state index contributed by atoms with van der Waals surface area (Å²) < 4.78 is 4.90. The molecule has 8 heteroatoms. The van der Waals surface area contributed by atoms with E-state index in [1.54, 1.807) is 20.8 Å². The molecule has 18 heavy (non-hydrogen) atoms. The van der Waals surface area contributed by atoms with Gasteiger partial charge in [-0.05, 0) is 20.8 Å². The highest BCUT2D eigenvalue weighted by Crippen LogP contribution is 2.14. The molecule has 0 spiro atoms. The van der Waals surface area contributed by atoms with Crippen molar-refractivity contribution in [1.29, 1.82) is 0 Å². The molecule has 1 aliphatic rings. The van der Waals surface area contributed by atoms with Crippen LogP contribution in [0.1, 0.15) is 27.2 Å². The summed E-state index contributed by atoms with van der Waals surface area (Å²) in [5, 5.41) is 10.8. The molecule has 0 unspecified atom stereocenters. The van der Waals surface area contributed by atoms with Gasteiger partial charge in [0.25, 0.3) is 5.91 Å². The third-order valence-corrected chi connectivity index (χ3v) is 2.03. The summed E-state index contributed by atoms with van der Waals surface area (Å²) in [4.78, 5) is 44.8. The Bertz CT molecular complexity index is 411. The molecule has 0 aromatic heterocycles. The van der Waals surface area contributed by atoms with E-state index < -0.39 is 35.6 Å². The zero-order valence-corrected chi connectivity index (χ0v) is 10.2. The van der Waals surface area contributed by atoms with E-state index in [0.29, 0.717) is 0 Å². The molecule has 4 amide bonds. The van der Waals surface area contributed by atoms with Gasteiger partial charge in [-0.2, -0.15) is 4.90 Å². The summed E-state index contributed by atoms with van der Waals surface area (Å²) in [5.41, 5.74) is -0.748. The topological polar surface area (TPSA) is 113 Å². The van der Waals surface area contributed by atoms with Gasteiger partial charge in [0.1, 0.15) is 11.6 Å². The summed E-state index contributed by atoms with van der Waals surface area (Å²) in [6, 6.07) is -1.19. The lowest BCUT2D eigenvalue weighted by molar-refractivity contribution is -0.136. The van der Waals surface area contributed by atoms with Crippen LogP contribution in [-0.2, 0) is 14.3 Å². The van der Waals surface area contributed by atoms with E-state index in [1.165, 1.54) is 0 Å². The van der Waals surface area contributed by atoms with Gasteiger partial charge in [0.05, 0.1) is 6.42 Å². The normalized spacial score (nSPS) is 19.9. The summed E-state index contributed by atoms with van der Waals surface area (Å²) in [6.07, 6.45) is -2.91. The Morgan fingerprint density at radius 1 is 1.39 bits per heavy atom. The van der Waals surface area contributed by atoms with E-state index in [9.17, 15) is 19.2 Å². The van der Waals surface area contributed by atoms with E-state index in [0.717, 1.165) is 0 Å². The summed E-state index contributed by atoms with van der Waals surface area (Å²) in [5.74, 6) is -1.84. The van der Waals surface area contributed by atoms with Crippen LogP contribution in [0.25, 0.3) is 0 Å². The van der Waals surface area contributed by atoms with Crippen molar-refractivity contribution in [3.8, 4) is 0 Å². The third-order valence-electron chi connectivity index (χ3n) is 2.03. The van der Waals surface area contributed by atoms with Crippen molar-refractivity contribution in [3.63, 3.8) is 0 Å². The van der Waals surface area contributed by atoms with Crippen molar-refractivity contribution < 1.29 is 29.0 Å². The minimum absolute atomic E-state index is 0.0854. The number of carboxylic acid groups (broad SMARTS) is 1. The predicted octanol–water partition coefficient (Wildman–Crippen LogP) is 0.317.